The molecule has 0 saturated carbocycles. The predicted molar refractivity (Wildman–Crippen MR) is 112 cm³/mol. The molecule has 0 spiro atoms. The molecule has 0 fully saturated rings. The molecule has 2 aromatic carbocycles. The van der Waals surface area contributed by atoms with Gasteiger partial charge in [-0.05, 0) is 63.1 Å². The summed E-state index contributed by atoms with van der Waals surface area (Å²) in [5.41, 5.74) is 5.77. The van der Waals surface area contributed by atoms with Gasteiger partial charge in [0.25, 0.3) is 0 Å². The monoisotopic (exact) mass is 360 g/mol. The molecule has 0 atom stereocenters. The molecule has 3 aromatic rings. The van der Waals surface area contributed by atoms with Crippen molar-refractivity contribution in [2.75, 3.05) is 7.11 Å². The second kappa shape index (κ2) is 6.02. The van der Waals surface area contributed by atoms with Crippen LogP contribution < -0.4 is 4.74 Å². The molecule has 4 heteroatoms. The standard InChI is InChI=1S/C23H24N2O2/c1-14-10-16-15(2)12-23(3,4)25-21(16)17(11-14)18(22(25)26)13-24-19-8-6-7-9-20(19)27-5/h6-13,26H,1-5H3. The normalized spacial score (nSPS) is 15.4. The summed E-state index contributed by atoms with van der Waals surface area (Å²) in [7, 11) is 1.63. The Morgan fingerprint density at radius 1 is 1.15 bits per heavy atom. The van der Waals surface area contributed by atoms with E-state index in [2.05, 4.69) is 50.9 Å². The van der Waals surface area contributed by atoms with E-state index in [9.17, 15) is 5.11 Å². The van der Waals surface area contributed by atoms with Crippen molar-refractivity contribution < 1.29 is 9.84 Å². The number of aromatic nitrogens is 1. The van der Waals surface area contributed by atoms with Gasteiger partial charge in [-0.1, -0.05) is 18.2 Å². The molecule has 4 nitrogen and oxygen atoms in total. The Balaban J connectivity index is 1.98. The van der Waals surface area contributed by atoms with Crippen molar-refractivity contribution >= 4 is 28.4 Å². The molecule has 138 valence electrons. The molecule has 0 radical (unpaired) electrons. The van der Waals surface area contributed by atoms with Gasteiger partial charge in [0.1, 0.15) is 11.4 Å². The first-order chi connectivity index (χ1) is 12.8. The maximum atomic E-state index is 11.1. The number of nitrogens with zero attached hydrogens (tertiary/aromatic N) is 2. The molecule has 1 aliphatic rings. The van der Waals surface area contributed by atoms with Crippen LogP contribution in [-0.2, 0) is 5.54 Å². The number of benzene rings is 2. The lowest BCUT2D eigenvalue weighted by Gasteiger charge is -2.31. The van der Waals surface area contributed by atoms with Gasteiger partial charge in [0.15, 0.2) is 0 Å². The quantitative estimate of drug-likeness (QED) is 0.621. The highest BCUT2D eigenvalue weighted by atomic mass is 16.5. The first kappa shape index (κ1) is 17.4. The van der Waals surface area contributed by atoms with Crippen LogP contribution in [0.1, 0.15) is 37.5 Å². The molecule has 1 N–H and O–H groups in total. The molecular formula is C23H24N2O2. The van der Waals surface area contributed by atoms with Crippen molar-refractivity contribution in [2.45, 2.75) is 33.2 Å². The summed E-state index contributed by atoms with van der Waals surface area (Å²) in [6.45, 7) is 8.43. The molecule has 1 aliphatic heterocycles. The first-order valence-corrected chi connectivity index (χ1v) is 9.09. The van der Waals surface area contributed by atoms with Gasteiger partial charge in [0.2, 0.25) is 5.88 Å². The number of para-hydroxylation sites is 2. The van der Waals surface area contributed by atoms with E-state index in [1.807, 2.05) is 28.8 Å². The van der Waals surface area contributed by atoms with Crippen molar-refractivity contribution in [3.8, 4) is 11.6 Å². The van der Waals surface area contributed by atoms with Crippen molar-refractivity contribution in [3.63, 3.8) is 0 Å². The van der Waals surface area contributed by atoms with Crippen LogP contribution >= 0.6 is 0 Å². The largest absolute Gasteiger partial charge is 0.494 e. The predicted octanol–water partition coefficient (Wildman–Crippen LogP) is 5.57. The molecule has 0 bridgehead atoms. The van der Waals surface area contributed by atoms with Gasteiger partial charge < -0.3 is 14.4 Å². The van der Waals surface area contributed by atoms with Crippen LogP contribution in [0.25, 0.3) is 16.5 Å². The number of aliphatic imine (C=N–C) groups is 1. The fraction of sp³-hybridized carbons (Fsp3) is 0.261. The van der Waals surface area contributed by atoms with E-state index in [1.165, 1.54) is 5.57 Å². The van der Waals surface area contributed by atoms with Crippen LogP contribution in [0.5, 0.6) is 11.6 Å². The molecule has 1 aromatic heterocycles. The van der Waals surface area contributed by atoms with Crippen molar-refractivity contribution in [1.29, 1.82) is 0 Å². The van der Waals surface area contributed by atoms with E-state index < -0.39 is 0 Å². The third-order valence-electron chi connectivity index (χ3n) is 5.21. The molecule has 4 rings (SSSR count). The number of aromatic hydroxyl groups is 1. The average Bonchev–Trinajstić information content (AvgIpc) is 2.90. The summed E-state index contributed by atoms with van der Waals surface area (Å²) in [5, 5.41) is 12.1. The summed E-state index contributed by atoms with van der Waals surface area (Å²) in [6.07, 6.45) is 3.95. The summed E-state index contributed by atoms with van der Waals surface area (Å²) in [5.74, 6) is 0.945. The SMILES string of the molecule is COc1ccccc1N=Cc1c(O)n2c3c(cc(C)cc13)C(C)=CC2(C)C. The number of hydrogen-bond acceptors (Lipinski definition) is 3. The third-order valence-corrected chi connectivity index (χ3v) is 5.21. The molecular weight excluding hydrogens is 336 g/mol. The van der Waals surface area contributed by atoms with Crippen LogP contribution in [0.3, 0.4) is 0 Å². The first-order valence-electron chi connectivity index (χ1n) is 9.09. The number of methoxy groups -OCH3 is 1. The number of rotatable bonds is 3. The summed E-state index contributed by atoms with van der Waals surface area (Å²) in [4.78, 5) is 4.61. The number of hydrogen-bond donors (Lipinski definition) is 1. The van der Waals surface area contributed by atoms with Gasteiger partial charge >= 0.3 is 0 Å². The highest BCUT2D eigenvalue weighted by Crippen LogP contribution is 2.44. The Hall–Kier alpha value is -3.01. The second-order valence-corrected chi connectivity index (χ2v) is 7.69. The van der Waals surface area contributed by atoms with Crippen LogP contribution in [0.4, 0.5) is 5.69 Å². The van der Waals surface area contributed by atoms with Crippen molar-refractivity contribution in [1.82, 2.24) is 4.57 Å². The van der Waals surface area contributed by atoms with Crippen molar-refractivity contribution in [3.05, 3.63) is 59.2 Å². The Morgan fingerprint density at radius 2 is 1.89 bits per heavy atom. The van der Waals surface area contributed by atoms with Gasteiger partial charge in [-0.2, -0.15) is 0 Å². The van der Waals surface area contributed by atoms with E-state index >= 15 is 0 Å². The van der Waals surface area contributed by atoms with E-state index in [0.717, 1.165) is 33.3 Å². The minimum absolute atomic E-state index is 0.240. The Labute approximate surface area is 159 Å². The highest BCUT2D eigenvalue weighted by molar-refractivity contribution is 6.07. The Morgan fingerprint density at radius 3 is 2.63 bits per heavy atom. The fourth-order valence-corrected chi connectivity index (χ4v) is 4.10. The lowest BCUT2D eigenvalue weighted by Crippen LogP contribution is -2.26. The third kappa shape index (κ3) is 2.64. The molecule has 0 amide bonds. The van der Waals surface area contributed by atoms with E-state index in [-0.39, 0.29) is 11.4 Å². The van der Waals surface area contributed by atoms with Gasteiger partial charge in [0, 0.05) is 17.2 Å². The van der Waals surface area contributed by atoms with Crippen LogP contribution in [-0.4, -0.2) is 23.0 Å². The van der Waals surface area contributed by atoms with Gasteiger partial charge in [0.05, 0.1) is 23.7 Å². The molecule has 0 saturated heterocycles. The van der Waals surface area contributed by atoms with Crippen molar-refractivity contribution in [2.24, 2.45) is 4.99 Å². The van der Waals surface area contributed by atoms with E-state index in [1.54, 1.807) is 13.3 Å². The number of aryl methyl sites for hydroxylation is 1. The summed E-state index contributed by atoms with van der Waals surface area (Å²) < 4.78 is 7.39. The van der Waals surface area contributed by atoms with Gasteiger partial charge in [-0.15, -0.1) is 0 Å². The smallest absolute Gasteiger partial charge is 0.201 e. The minimum atomic E-state index is -0.314. The maximum absolute atomic E-state index is 11.1. The van der Waals surface area contributed by atoms with Gasteiger partial charge in [-0.25, -0.2) is 0 Å². The Bertz CT molecular complexity index is 1120. The lowest BCUT2D eigenvalue weighted by molar-refractivity contribution is 0.361. The summed E-state index contributed by atoms with van der Waals surface area (Å²) >= 11 is 0. The fourth-order valence-electron chi connectivity index (χ4n) is 4.10. The topological polar surface area (TPSA) is 46.8 Å². The summed E-state index contributed by atoms with van der Waals surface area (Å²) in [6, 6.07) is 11.9. The molecule has 27 heavy (non-hydrogen) atoms. The number of ether oxygens (including phenoxy) is 1. The molecule has 2 heterocycles. The zero-order chi connectivity index (χ0) is 19.3. The molecule has 0 aliphatic carbocycles. The maximum Gasteiger partial charge on any atom is 0.201 e. The number of allylic oxidation sites excluding steroid dienone is 2. The molecule has 0 unspecified atom stereocenters. The zero-order valence-corrected chi connectivity index (χ0v) is 16.4. The van der Waals surface area contributed by atoms with E-state index in [0.29, 0.717) is 5.75 Å². The lowest BCUT2D eigenvalue weighted by atomic mass is 9.91. The second-order valence-electron chi connectivity index (χ2n) is 7.69. The Kier molecular flexibility index (Phi) is 3.88. The van der Waals surface area contributed by atoms with Crippen LogP contribution in [0, 0.1) is 6.92 Å². The zero-order valence-electron chi connectivity index (χ0n) is 16.4. The highest BCUT2D eigenvalue weighted by Gasteiger charge is 2.31. The van der Waals surface area contributed by atoms with E-state index in [4.69, 9.17) is 4.74 Å². The van der Waals surface area contributed by atoms with Crippen LogP contribution in [0.15, 0.2) is 47.5 Å². The van der Waals surface area contributed by atoms with Gasteiger partial charge in [-0.3, -0.25) is 4.99 Å². The van der Waals surface area contributed by atoms with Crippen LogP contribution in [0.2, 0.25) is 0 Å². The average molecular weight is 360 g/mol. The minimum Gasteiger partial charge on any atom is -0.494 e.